The van der Waals surface area contributed by atoms with Crippen LogP contribution in [0.4, 0.5) is 0 Å². The van der Waals surface area contributed by atoms with Crippen LogP contribution in [0, 0.1) is 0 Å². The third kappa shape index (κ3) is 4.88. The van der Waals surface area contributed by atoms with Crippen LogP contribution in [0.1, 0.15) is 0 Å². The topological polar surface area (TPSA) is 82.2 Å². The van der Waals surface area contributed by atoms with Gasteiger partial charge in [-0.3, -0.25) is 4.40 Å². The summed E-state index contributed by atoms with van der Waals surface area (Å²) >= 11 is 0. The summed E-state index contributed by atoms with van der Waals surface area (Å²) in [4.78, 5) is 20.3. The molecule has 13 aromatic rings. The highest BCUT2D eigenvalue weighted by Gasteiger charge is 2.19. The Morgan fingerprint density at radius 1 is 0.322 bits per heavy atom. The molecule has 0 aliphatic rings. The molecule has 0 aliphatic heterocycles. The van der Waals surface area contributed by atoms with Crippen LogP contribution in [0.15, 0.2) is 185 Å². The van der Waals surface area contributed by atoms with Crippen molar-refractivity contribution in [3.8, 4) is 45.3 Å². The molecule has 8 aromatic carbocycles. The molecule has 5 aromatic heterocycles. The molecule has 0 N–H and O–H groups in total. The molecule has 0 spiro atoms. The van der Waals surface area contributed by atoms with Gasteiger partial charge in [-0.05, 0) is 64.4 Å². The fraction of sp³-hybridized carbons (Fsp3) is 0. The van der Waals surface area contributed by atoms with Crippen LogP contribution < -0.4 is 0 Å². The molecule has 0 fully saturated rings. The van der Waals surface area contributed by atoms with Gasteiger partial charge in [-0.2, -0.15) is 0 Å². The molecule has 0 saturated heterocycles. The highest BCUT2D eigenvalue weighted by molar-refractivity contribution is 6.25. The van der Waals surface area contributed by atoms with Gasteiger partial charge in [0.15, 0.2) is 23.1 Å². The van der Waals surface area contributed by atoms with E-state index in [4.69, 9.17) is 28.8 Å². The quantitative estimate of drug-likeness (QED) is 0.166. The minimum absolute atomic E-state index is 0.603. The van der Waals surface area contributed by atoms with E-state index in [2.05, 4.69) is 102 Å². The van der Waals surface area contributed by atoms with Gasteiger partial charge in [0, 0.05) is 49.0 Å². The number of nitrogens with zero attached hydrogens (tertiary/aromatic N) is 5. The summed E-state index contributed by atoms with van der Waals surface area (Å²) in [6.07, 6.45) is 2.09. The summed E-state index contributed by atoms with van der Waals surface area (Å²) in [5, 5.41) is 8.83. The fourth-order valence-corrected chi connectivity index (χ4v) is 8.81. The molecule has 59 heavy (non-hydrogen) atoms. The van der Waals surface area contributed by atoms with Gasteiger partial charge < -0.3 is 8.83 Å². The van der Waals surface area contributed by atoms with Crippen LogP contribution in [-0.4, -0.2) is 24.3 Å². The van der Waals surface area contributed by atoms with Crippen LogP contribution >= 0.6 is 0 Å². The molecule has 0 unspecified atom stereocenters. The van der Waals surface area contributed by atoms with E-state index < -0.39 is 0 Å². The van der Waals surface area contributed by atoms with Crippen molar-refractivity contribution in [1.29, 1.82) is 0 Å². The predicted octanol–water partition coefficient (Wildman–Crippen LogP) is 13.4. The molecule has 5 heterocycles. The Hall–Kier alpha value is -8.16. The molecule has 0 radical (unpaired) electrons. The van der Waals surface area contributed by atoms with E-state index in [1.165, 1.54) is 5.39 Å². The second kappa shape index (κ2) is 12.2. The predicted molar refractivity (Wildman–Crippen MR) is 237 cm³/mol. The maximum absolute atomic E-state index is 6.32. The minimum atomic E-state index is 0.603. The van der Waals surface area contributed by atoms with Crippen molar-refractivity contribution in [2.75, 3.05) is 0 Å². The number of fused-ring (bicyclic) bond motifs is 14. The lowest BCUT2D eigenvalue weighted by molar-refractivity contribution is 0.666. The molecule has 274 valence electrons. The number of para-hydroxylation sites is 2. The van der Waals surface area contributed by atoms with E-state index in [-0.39, 0.29) is 0 Å². The molecule has 0 atom stereocenters. The van der Waals surface area contributed by atoms with Gasteiger partial charge >= 0.3 is 0 Å². The monoisotopic (exact) mass is 755 g/mol. The van der Waals surface area contributed by atoms with Crippen molar-refractivity contribution in [2.45, 2.75) is 0 Å². The molecule has 0 aliphatic carbocycles. The number of rotatable bonds is 4. The van der Waals surface area contributed by atoms with Gasteiger partial charge in [-0.15, -0.1) is 0 Å². The standard InChI is InChI=1S/C52H29N5O2/c1-2-10-31(11-3-1)50-54-51(56-52(55-50)34-23-25-45-41(27-34)36-13-6-8-16-43(36)58-45)32-20-18-30(19-21-32)33-22-24-39-40(26-33)35-12-4-5-15-38(35)48-49(39)57-29-46-42(28-47(57)53-48)37-14-7-9-17-44(37)59-46/h1-29H. The van der Waals surface area contributed by atoms with Crippen LogP contribution in [0.5, 0.6) is 0 Å². The van der Waals surface area contributed by atoms with Gasteiger partial charge in [0.05, 0.1) is 17.2 Å². The maximum atomic E-state index is 6.32. The van der Waals surface area contributed by atoms with Gasteiger partial charge in [0.25, 0.3) is 0 Å². The molecule has 7 nitrogen and oxygen atoms in total. The van der Waals surface area contributed by atoms with E-state index in [0.29, 0.717) is 17.5 Å². The summed E-state index contributed by atoms with van der Waals surface area (Å²) in [5.74, 6) is 1.83. The van der Waals surface area contributed by atoms with E-state index in [0.717, 1.165) is 105 Å². The van der Waals surface area contributed by atoms with E-state index in [1.807, 2.05) is 78.9 Å². The maximum Gasteiger partial charge on any atom is 0.164 e. The molecule has 7 heteroatoms. The first-order valence-corrected chi connectivity index (χ1v) is 19.6. The van der Waals surface area contributed by atoms with Crippen molar-refractivity contribution >= 4 is 82.1 Å². The van der Waals surface area contributed by atoms with Crippen molar-refractivity contribution in [2.24, 2.45) is 0 Å². The number of hydrogen-bond donors (Lipinski definition) is 0. The van der Waals surface area contributed by atoms with Crippen LogP contribution in [0.3, 0.4) is 0 Å². The Kier molecular flexibility index (Phi) is 6.60. The lowest BCUT2D eigenvalue weighted by atomic mass is 9.95. The second-order valence-corrected chi connectivity index (χ2v) is 15.1. The zero-order valence-corrected chi connectivity index (χ0v) is 31.3. The lowest BCUT2D eigenvalue weighted by Gasteiger charge is -2.11. The summed E-state index contributed by atoms with van der Waals surface area (Å²) in [6, 6.07) is 58.4. The second-order valence-electron chi connectivity index (χ2n) is 15.1. The van der Waals surface area contributed by atoms with Crippen molar-refractivity contribution in [3.63, 3.8) is 0 Å². The zero-order valence-electron chi connectivity index (χ0n) is 31.3. The first-order valence-electron chi connectivity index (χ1n) is 19.6. The average Bonchev–Trinajstić information content (AvgIpc) is 3.99. The lowest BCUT2D eigenvalue weighted by Crippen LogP contribution is -2.00. The number of imidazole rings is 1. The van der Waals surface area contributed by atoms with Crippen LogP contribution in [-0.2, 0) is 0 Å². The highest BCUT2D eigenvalue weighted by atomic mass is 16.3. The normalized spacial score (nSPS) is 12.1. The number of pyridine rings is 1. The Morgan fingerprint density at radius 3 is 1.59 bits per heavy atom. The van der Waals surface area contributed by atoms with Gasteiger partial charge in [0.1, 0.15) is 22.4 Å². The Bertz CT molecular complexity index is 3840. The zero-order chi connectivity index (χ0) is 38.6. The summed E-state index contributed by atoms with van der Waals surface area (Å²) < 4.78 is 14.6. The SMILES string of the molecule is c1ccc(-c2nc(-c3ccc(-c4ccc5c(c4)c4ccccc4c4nc6cc7c(cn6c54)oc4ccccc47)cc3)nc(-c3ccc4oc5ccccc5c4c3)n2)cc1. The molecular formula is C52H29N5O2. The molecule has 0 amide bonds. The van der Waals surface area contributed by atoms with Crippen molar-refractivity contribution < 1.29 is 8.83 Å². The third-order valence-electron chi connectivity index (χ3n) is 11.6. The summed E-state index contributed by atoms with van der Waals surface area (Å²) in [5.41, 5.74) is 11.3. The van der Waals surface area contributed by atoms with E-state index in [9.17, 15) is 0 Å². The average molecular weight is 756 g/mol. The first-order chi connectivity index (χ1) is 29.2. The Balaban J connectivity index is 0.936. The van der Waals surface area contributed by atoms with Gasteiger partial charge in [-0.25, -0.2) is 19.9 Å². The van der Waals surface area contributed by atoms with E-state index in [1.54, 1.807) is 0 Å². The first kappa shape index (κ1) is 32.0. The van der Waals surface area contributed by atoms with Crippen LogP contribution in [0.25, 0.3) is 127 Å². The largest absolute Gasteiger partial charge is 0.456 e. The number of hydrogen-bond acceptors (Lipinski definition) is 6. The summed E-state index contributed by atoms with van der Waals surface area (Å²) in [7, 11) is 0. The third-order valence-corrected chi connectivity index (χ3v) is 11.6. The molecule has 13 rings (SSSR count). The Labute approximate surface area is 335 Å². The Morgan fingerprint density at radius 2 is 0.847 bits per heavy atom. The molecular weight excluding hydrogens is 727 g/mol. The number of benzene rings is 8. The van der Waals surface area contributed by atoms with Gasteiger partial charge in [-0.1, -0.05) is 127 Å². The summed E-state index contributed by atoms with van der Waals surface area (Å²) in [6.45, 7) is 0. The van der Waals surface area contributed by atoms with Gasteiger partial charge in [0.2, 0.25) is 0 Å². The highest BCUT2D eigenvalue weighted by Crippen LogP contribution is 2.40. The number of furan rings is 2. The molecule has 0 saturated carbocycles. The molecule has 0 bridgehead atoms. The van der Waals surface area contributed by atoms with Crippen LogP contribution in [0.2, 0.25) is 0 Å². The minimum Gasteiger partial charge on any atom is -0.456 e. The number of aromatic nitrogens is 5. The smallest absolute Gasteiger partial charge is 0.164 e. The van der Waals surface area contributed by atoms with E-state index >= 15 is 0 Å². The fourth-order valence-electron chi connectivity index (χ4n) is 8.81. The van der Waals surface area contributed by atoms with Crippen molar-refractivity contribution in [3.05, 3.63) is 176 Å². The van der Waals surface area contributed by atoms with Crippen molar-refractivity contribution in [1.82, 2.24) is 24.3 Å².